The van der Waals surface area contributed by atoms with Gasteiger partial charge in [0.15, 0.2) is 5.96 Å². The third-order valence-corrected chi connectivity index (χ3v) is 4.86. The molecule has 29 heavy (non-hydrogen) atoms. The van der Waals surface area contributed by atoms with Crippen LogP contribution in [0.15, 0.2) is 71.7 Å². The number of guanidine groups is 1. The van der Waals surface area contributed by atoms with Gasteiger partial charge in [-0.2, -0.15) is 0 Å². The molecule has 0 radical (unpaired) electrons. The van der Waals surface area contributed by atoms with Gasteiger partial charge in [-0.15, -0.1) is 0 Å². The van der Waals surface area contributed by atoms with Gasteiger partial charge in [0.2, 0.25) is 0 Å². The van der Waals surface area contributed by atoms with E-state index in [0.717, 1.165) is 37.6 Å². The average Bonchev–Trinajstić information content (AvgIpc) is 2.78. The summed E-state index contributed by atoms with van der Waals surface area (Å²) in [6.07, 6.45) is 2.63. The average molecular weight is 394 g/mol. The van der Waals surface area contributed by atoms with Gasteiger partial charge in [-0.3, -0.25) is 4.99 Å². The van der Waals surface area contributed by atoms with Crippen molar-refractivity contribution >= 4 is 11.5 Å². The highest BCUT2D eigenvalue weighted by atomic mass is 16.5. The quantitative estimate of drug-likeness (QED) is 0.534. The van der Waals surface area contributed by atoms with E-state index < -0.39 is 6.10 Å². The van der Waals surface area contributed by atoms with Crippen LogP contribution in [0.4, 0.5) is 0 Å². The molecule has 2 aromatic carbocycles. The molecule has 0 fully saturated rings. The number of aliphatic imine (C=N–C) groups is 1. The Labute approximate surface area is 173 Å². The highest BCUT2D eigenvalue weighted by molar-refractivity contribution is 5.81. The van der Waals surface area contributed by atoms with Crippen molar-refractivity contribution in [2.24, 2.45) is 4.99 Å². The number of ether oxygens (including phenoxy) is 1. The van der Waals surface area contributed by atoms with Crippen molar-refractivity contribution in [2.45, 2.75) is 26.1 Å². The zero-order valence-electron chi connectivity index (χ0n) is 17.1. The molecule has 3 rings (SSSR count). The van der Waals surface area contributed by atoms with E-state index in [0.29, 0.717) is 13.2 Å². The topological polar surface area (TPSA) is 57.1 Å². The van der Waals surface area contributed by atoms with E-state index in [4.69, 9.17) is 4.74 Å². The maximum atomic E-state index is 10.2. The fourth-order valence-electron chi connectivity index (χ4n) is 3.33. The highest BCUT2D eigenvalue weighted by Crippen LogP contribution is 2.21. The van der Waals surface area contributed by atoms with Crippen molar-refractivity contribution in [3.05, 3.63) is 77.9 Å². The van der Waals surface area contributed by atoms with Crippen LogP contribution in [-0.4, -0.2) is 54.9 Å². The Morgan fingerprint density at radius 1 is 1.14 bits per heavy atom. The minimum absolute atomic E-state index is 0.274. The fourth-order valence-corrected chi connectivity index (χ4v) is 3.33. The first-order chi connectivity index (χ1) is 14.3. The van der Waals surface area contributed by atoms with Crippen molar-refractivity contribution in [1.82, 2.24) is 10.2 Å². The molecule has 0 amide bonds. The molecule has 1 unspecified atom stereocenters. The van der Waals surface area contributed by atoms with Gasteiger partial charge in [0.25, 0.3) is 0 Å². The van der Waals surface area contributed by atoms with Gasteiger partial charge in [-0.1, -0.05) is 66.7 Å². The van der Waals surface area contributed by atoms with Crippen molar-refractivity contribution < 1.29 is 9.84 Å². The third kappa shape index (κ3) is 6.73. The lowest BCUT2D eigenvalue weighted by molar-refractivity contribution is 0.0330. The number of benzene rings is 2. The van der Waals surface area contributed by atoms with Crippen molar-refractivity contribution in [3.63, 3.8) is 0 Å². The van der Waals surface area contributed by atoms with Crippen molar-refractivity contribution in [2.75, 3.05) is 32.8 Å². The molecule has 0 aromatic heterocycles. The van der Waals surface area contributed by atoms with Gasteiger partial charge < -0.3 is 20.1 Å². The smallest absolute Gasteiger partial charge is 0.194 e. The van der Waals surface area contributed by atoms with E-state index in [1.807, 2.05) is 36.4 Å². The summed E-state index contributed by atoms with van der Waals surface area (Å²) in [7, 11) is 0. The second-order valence-corrected chi connectivity index (χ2v) is 7.14. The maximum absolute atomic E-state index is 10.2. The largest absolute Gasteiger partial charge is 0.389 e. The molecule has 154 valence electrons. The van der Waals surface area contributed by atoms with E-state index in [1.165, 1.54) is 11.1 Å². The molecule has 0 aliphatic carbocycles. The van der Waals surface area contributed by atoms with Crippen LogP contribution in [0.25, 0.3) is 5.57 Å². The summed E-state index contributed by atoms with van der Waals surface area (Å²) in [5.41, 5.74) is 3.78. The van der Waals surface area contributed by atoms with E-state index in [1.54, 1.807) is 0 Å². The zero-order chi connectivity index (χ0) is 20.3. The Kier molecular flexibility index (Phi) is 8.28. The van der Waals surface area contributed by atoms with Gasteiger partial charge in [0.1, 0.15) is 0 Å². The van der Waals surface area contributed by atoms with Gasteiger partial charge in [0, 0.05) is 19.6 Å². The van der Waals surface area contributed by atoms with Gasteiger partial charge in [0.05, 0.1) is 25.9 Å². The van der Waals surface area contributed by atoms with Crippen LogP contribution in [0.5, 0.6) is 0 Å². The van der Waals surface area contributed by atoms with Crippen LogP contribution in [-0.2, 0) is 11.3 Å². The van der Waals surface area contributed by atoms with E-state index in [2.05, 4.69) is 52.5 Å². The van der Waals surface area contributed by atoms with Crippen LogP contribution in [0.3, 0.4) is 0 Å². The van der Waals surface area contributed by atoms with E-state index >= 15 is 0 Å². The summed E-state index contributed by atoms with van der Waals surface area (Å²) in [4.78, 5) is 6.86. The first-order valence-corrected chi connectivity index (χ1v) is 10.3. The van der Waals surface area contributed by atoms with Crippen LogP contribution in [0.1, 0.15) is 24.5 Å². The van der Waals surface area contributed by atoms with Gasteiger partial charge in [-0.05, 0) is 30.0 Å². The summed E-state index contributed by atoms with van der Waals surface area (Å²) in [5.74, 6) is 0.845. The molecule has 2 aromatic rings. The first kappa shape index (κ1) is 21.1. The summed E-state index contributed by atoms with van der Waals surface area (Å²) in [5, 5.41) is 13.6. The van der Waals surface area contributed by atoms with E-state index in [9.17, 15) is 5.11 Å². The predicted octanol–water partition coefficient (Wildman–Crippen LogP) is 3.32. The number of hydrogen-bond donors (Lipinski definition) is 2. The molecule has 2 N–H and O–H groups in total. The summed E-state index contributed by atoms with van der Waals surface area (Å²) in [6.45, 7) is 5.68. The van der Waals surface area contributed by atoms with Crippen LogP contribution in [0.2, 0.25) is 0 Å². The van der Waals surface area contributed by atoms with Crippen LogP contribution >= 0.6 is 0 Å². The Balaban J connectivity index is 1.49. The number of nitrogens with one attached hydrogen (secondary N) is 1. The predicted molar refractivity (Wildman–Crippen MR) is 119 cm³/mol. The molecule has 0 saturated heterocycles. The highest BCUT2D eigenvalue weighted by Gasteiger charge is 2.16. The SMILES string of the molecule is CCNC(=NCC(O)COCc1ccccc1)N1CC=C(c2ccccc2)CC1. The fraction of sp³-hybridized carbons (Fsp3) is 0.375. The number of nitrogens with zero attached hydrogens (tertiary/aromatic N) is 2. The lowest BCUT2D eigenvalue weighted by Gasteiger charge is -2.30. The first-order valence-electron chi connectivity index (χ1n) is 10.3. The molecule has 1 aliphatic rings. The Morgan fingerprint density at radius 2 is 1.86 bits per heavy atom. The Morgan fingerprint density at radius 3 is 2.52 bits per heavy atom. The van der Waals surface area contributed by atoms with E-state index in [-0.39, 0.29) is 6.61 Å². The molecule has 0 spiro atoms. The minimum Gasteiger partial charge on any atom is -0.389 e. The third-order valence-electron chi connectivity index (χ3n) is 4.86. The number of hydrogen-bond acceptors (Lipinski definition) is 3. The molecule has 1 atom stereocenters. The summed E-state index contributed by atoms with van der Waals surface area (Å²) in [6, 6.07) is 20.5. The monoisotopic (exact) mass is 393 g/mol. The second kappa shape index (κ2) is 11.4. The summed E-state index contributed by atoms with van der Waals surface area (Å²) < 4.78 is 5.62. The normalized spacial score (nSPS) is 15.7. The van der Waals surface area contributed by atoms with Crippen LogP contribution < -0.4 is 5.32 Å². The molecular weight excluding hydrogens is 362 g/mol. The number of aliphatic hydroxyl groups is 1. The summed E-state index contributed by atoms with van der Waals surface area (Å²) >= 11 is 0. The van der Waals surface area contributed by atoms with Crippen LogP contribution in [0, 0.1) is 0 Å². The molecule has 1 heterocycles. The molecule has 0 bridgehead atoms. The maximum Gasteiger partial charge on any atom is 0.194 e. The Bertz CT molecular complexity index is 790. The molecular formula is C24H31N3O2. The second-order valence-electron chi connectivity index (χ2n) is 7.14. The van der Waals surface area contributed by atoms with Gasteiger partial charge in [-0.25, -0.2) is 0 Å². The van der Waals surface area contributed by atoms with Crippen molar-refractivity contribution in [3.8, 4) is 0 Å². The zero-order valence-corrected chi connectivity index (χ0v) is 17.1. The molecule has 1 aliphatic heterocycles. The lowest BCUT2D eigenvalue weighted by Crippen LogP contribution is -2.44. The number of rotatable bonds is 8. The standard InChI is InChI=1S/C24H31N3O2/c1-2-25-24(26-17-23(28)19-29-18-20-9-5-3-6-10-20)27-15-13-22(14-16-27)21-11-7-4-8-12-21/h3-13,23,28H,2,14-19H2,1H3,(H,25,26). The minimum atomic E-state index is -0.618. The lowest BCUT2D eigenvalue weighted by atomic mass is 10.00. The van der Waals surface area contributed by atoms with Crippen molar-refractivity contribution in [1.29, 1.82) is 0 Å². The molecule has 0 saturated carbocycles. The number of aliphatic hydroxyl groups excluding tert-OH is 1. The molecule has 5 heteroatoms. The van der Waals surface area contributed by atoms with Gasteiger partial charge >= 0.3 is 0 Å². The Hall–Kier alpha value is -2.63. The molecule has 5 nitrogen and oxygen atoms in total.